The van der Waals surface area contributed by atoms with Gasteiger partial charge >= 0.3 is 0 Å². The van der Waals surface area contributed by atoms with Gasteiger partial charge in [-0.15, -0.1) is 0 Å². The second-order valence-corrected chi connectivity index (χ2v) is 7.52. The van der Waals surface area contributed by atoms with Crippen molar-refractivity contribution < 1.29 is 14.3 Å². The summed E-state index contributed by atoms with van der Waals surface area (Å²) >= 11 is 0. The second-order valence-electron chi connectivity index (χ2n) is 7.52. The average Bonchev–Trinajstić information content (AvgIpc) is 3.27. The van der Waals surface area contributed by atoms with E-state index in [2.05, 4.69) is 24.1 Å². The van der Waals surface area contributed by atoms with Gasteiger partial charge in [-0.05, 0) is 24.8 Å². The number of hydrogen-bond acceptors (Lipinski definition) is 4. The summed E-state index contributed by atoms with van der Waals surface area (Å²) in [5.74, 6) is 0.931. The molecule has 1 saturated carbocycles. The molecule has 6 heteroatoms. The highest BCUT2D eigenvalue weighted by atomic mass is 16.5. The highest BCUT2D eigenvalue weighted by molar-refractivity contribution is 5.98. The summed E-state index contributed by atoms with van der Waals surface area (Å²) in [6.07, 6.45) is 6.02. The predicted molar refractivity (Wildman–Crippen MR) is 98.8 cm³/mol. The molecule has 1 unspecified atom stereocenters. The van der Waals surface area contributed by atoms with Gasteiger partial charge in [0.25, 0.3) is 5.91 Å². The molecule has 3 rings (SSSR count). The maximum atomic E-state index is 12.8. The molecule has 2 amide bonds. The van der Waals surface area contributed by atoms with Crippen LogP contribution in [0.3, 0.4) is 0 Å². The molecule has 1 aromatic rings. The van der Waals surface area contributed by atoms with Crippen LogP contribution in [0.15, 0.2) is 6.07 Å². The summed E-state index contributed by atoms with van der Waals surface area (Å²) in [6.45, 7) is 5.03. The minimum atomic E-state index is 0.0146. The lowest BCUT2D eigenvalue weighted by atomic mass is 10.0. The van der Waals surface area contributed by atoms with Crippen molar-refractivity contribution in [3.63, 3.8) is 0 Å². The number of pyridine rings is 1. The van der Waals surface area contributed by atoms with Crippen LogP contribution in [0.4, 0.5) is 0 Å². The van der Waals surface area contributed by atoms with Gasteiger partial charge < -0.3 is 15.0 Å². The van der Waals surface area contributed by atoms with Crippen LogP contribution in [0, 0.1) is 5.92 Å². The first-order valence-corrected chi connectivity index (χ1v) is 9.67. The van der Waals surface area contributed by atoms with Crippen LogP contribution in [0.2, 0.25) is 0 Å². The molecule has 26 heavy (non-hydrogen) atoms. The summed E-state index contributed by atoms with van der Waals surface area (Å²) < 4.78 is 5.41. The third kappa shape index (κ3) is 3.84. The van der Waals surface area contributed by atoms with Crippen molar-refractivity contribution in [3.05, 3.63) is 22.9 Å². The van der Waals surface area contributed by atoms with Gasteiger partial charge in [-0.25, -0.2) is 4.98 Å². The summed E-state index contributed by atoms with van der Waals surface area (Å²) in [5, 5.41) is 2.93. The Morgan fingerprint density at radius 1 is 1.42 bits per heavy atom. The van der Waals surface area contributed by atoms with Crippen molar-refractivity contribution in [2.24, 2.45) is 5.92 Å². The monoisotopic (exact) mass is 359 g/mol. The number of carbonyl (C=O) groups excluding carboxylic acids is 2. The summed E-state index contributed by atoms with van der Waals surface area (Å²) in [7, 11) is 1.57. The molecular weight excluding hydrogens is 330 g/mol. The van der Waals surface area contributed by atoms with Gasteiger partial charge in [-0.3, -0.25) is 9.59 Å². The fourth-order valence-corrected chi connectivity index (χ4v) is 3.81. The molecule has 0 radical (unpaired) electrons. The summed E-state index contributed by atoms with van der Waals surface area (Å²) in [5.41, 5.74) is 2.20. The number of rotatable bonds is 7. The Morgan fingerprint density at radius 3 is 2.81 bits per heavy atom. The Hall–Kier alpha value is -2.11. The molecule has 0 bridgehead atoms. The highest BCUT2D eigenvalue weighted by Crippen LogP contribution is 2.33. The van der Waals surface area contributed by atoms with Crippen molar-refractivity contribution >= 4 is 11.8 Å². The molecule has 2 heterocycles. The number of amides is 2. The molecule has 1 N–H and O–H groups in total. The number of methoxy groups -OCH3 is 1. The molecule has 6 nitrogen and oxygen atoms in total. The van der Waals surface area contributed by atoms with Gasteiger partial charge in [0.15, 0.2) is 0 Å². The van der Waals surface area contributed by atoms with E-state index in [1.807, 2.05) is 11.0 Å². The minimum Gasteiger partial charge on any atom is -0.481 e. The van der Waals surface area contributed by atoms with Gasteiger partial charge in [0.1, 0.15) is 0 Å². The zero-order chi connectivity index (χ0) is 18.7. The number of nitrogens with one attached hydrogen (secondary N) is 1. The van der Waals surface area contributed by atoms with Crippen LogP contribution in [0.25, 0.3) is 0 Å². The minimum absolute atomic E-state index is 0.0146. The lowest BCUT2D eigenvalue weighted by Gasteiger charge is -2.22. The van der Waals surface area contributed by atoms with E-state index in [1.165, 1.54) is 12.8 Å². The van der Waals surface area contributed by atoms with Gasteiger partial charge in [0.2, 0.25) is 11.8 Å². The maximum absolute atomic E-state index is 12.8. The molecule has 1 fully saturated rings. The van der Waals surface area contributed by atoms with E-state index < -0.39 is 0 Å². The molecule has 1 aliphatic heterocycles. The van der Waals surface area contributed by atoms with E-state index in [1.54, 1.807) is 7.11 Å². The van der Waals surface area contributed by atoms with E-state index in [9.17, 15) is 9.59 Å². The Kier molecular flexibility index (Phi) is 5.79. The van der Waals surface area contributed by atoms with E-state index in [-0.39, 0.29) is 11.8 Å². The van der Waals surface area contributed by atoms with Gasteiger partial charge in [-0.1, -0.05) is 33.1 Å². The lowest BCUT2D eigenvalue weighted by Crippen LogP contribution is -2.33. The highest BCUT2D eigenvalue weighted by Gasteiger charge is 2.35. The quantitative estimate of drug-likeness (QED) is 0.812. The van der Waals surface area contributed by atoms with Crippen LogP contribution >= 0.6 is 0 Å². The smallest absolute Gasteiger partial charge is 0.256 e. The first-order chi connectivity index (χ1) is 12.5. The van der Waals surface area contributed by atoms with Crippen LogP contribution in [-0.2, 0) is 17.9 Å². The molecule has 2 aliphatic rings. The normalized spacial score (nSPS) is 18.1. The number of aromatic nitrogens is 1. The Morgan fingerprint density at radius 2 is 2.15 bits per heavy atom. The maximum Gasteiger partial charge on any atom is 0.256 e. The second kappa shape index (κ2) is 8.06. The topological polar surface area (TPSA) is 71.5 Å². The van der Waals surface area contributed by atoms with E-state index in [0.29, 0.717) is 42.9 Å². The Bertz CT molecular complexity index is 683. The predicted octanol–water partition coefficient (Wildman–Crippen LogP) is 3.04. The summed E-state index contributed by atoms with van der Waals surface area (Å²) in [6, 6.07) is 2.18. The van der Waals surface area contributed by atoms with E-state index in [4.69, 9.17) is 4.74 Å². The number of hydrogen-bond donors (Lipinski definition) is 1. The van der Waals surface area contributed by atoms with Gasteiger partial charge in [0, 0.05) is 24.6 Å². The fraction of sp³-hybridized carbons (Fsp3) is 0.650. The number of carbonyl (C=O) groups is 2. The van der Waals surface area contributed by atoms with Crippen LogP contribution in [0.5, 0.6) is 5.88 Å². The number of nitrogens with zero attached hydrogens (tertiary/aromatic N) is 2. The number of ether oxygens (including phenoxy) is 1. The Balaban J connectivity index is 1.73. The molecule has 1 aliphatic carbocycles. The first kappa shape index (κ1) is 18.7. The molecule has 1 aromatic heterocycles. The van der Waals surface area contributed by atoms with E-state index in [0.717, 1.165) is 30.5 Å². The SMILES string of the molecule is CCC(C)CC(=O)NCc1cc2c(nc1OC)CN(C1CCCC1)C2=O. The van der Waals surface area contributed by atoms with Gasteiger partial charge in [0.05, 0.1) is 24.9 Å². The number of fused-ring (bicyclic) bond motifs is 1. The lowest BCUT2D eigenvalue weighted by molar-refractivity contribution is -0.122. The summed E-state index contributed by atoms with van der Waals surface area (Å²) in [4.78, 5) is 31.4. The first-order valence-electron chi connectivity index (χ1n) is 9.67. The van der Waals surface area contributed by atoms with E-state index >= 15 is 0 Å². The molecule has 1 atom stereocenters. The van der Waals surface area contributed by atoms with Crippen molar-refractivity contribution in [1.82, 2.24) is 15.2 Å². The largest absolute Gasteiger partial charge is 0.481 e. The van der Waals surface area contributed by atoms with Crippen molar-refractivity contribution in [3.8, 4) is 5.88 Å². The Labute approximate surface area is 155 Å². The third-order valence-corrected chi connectivity index (χ3v) is 5.62. The van der Waals surface area contributed by atoms with Crippen LogP contribution in [0.1, 0.15) is 74.0 Å². The average molecular weight is 359 g/mol. The molecular formula is C20H29N3O3. The van der Waals surface area contributed by atoms with Crippen molar-refractivity contribution in [1.29, 1.82) is 0 Å². The van der Waals surface area contributed by atoms with Crippen LogP contribution in [-0.4, -0.2) is 34.8 Å². The van der Waals surface area contributed by atoms with Crippen LogP contribution < -0.4 is 10.1 Å². The fourth-order valence-electron chi connectivity index (χ4n) is 3.81. The molecule has 0 aromatic carbocycles. The molecule has 0 spiro atoms. The van der Waals surface area contributed by atoms with Gasteiger partial charge in [-0.2, -0.15) is 0 Å². The zero-order valence-corrected chi connectivity index (χ0v) is 16.0. The third-order valence-electron chi connectivity index (χ3n) is 5.62. The van der Waals surface area contributed by atoms with Crippen molar-refractivity contribution in [2.45, 2.75) is 71.5 Å². The molecule has 142 valence electrons. The van der Waals surface area contributed by atoms with Crippen molar-refractivity contribution in [2.75, 3.05) is 7.11 Å². The molecule has 0 saturated heterocycles. The zero-order valence-electron chi connectivity index (χ0n) is 16.0. The standard InChI is InChI=1S/C20H29N3O3/c1-4-13(2)9-18(24)21-11-14-10-16-17(22-19(14)26-3)12-23(20(16)25)15-7-5-6-8-15/h10,13,15H,4-9,11-12H2,1-3H3,(H,21,24).